The number of ether oxygens (including phenoxy) is 1. The fourth-order valence-corrected chi connectivity index (χ4v) is 9.02. The van der Waals surface area contributed by atoms with Crippen LogP contribution in [0.15, 0.2) is 10.6 Å². The summed E-state index contributed by atoms with van der Waals surface area (Å²) >= 11 is 0. The largest absolute Gasteiger partial charge is 0.457 e. The minimum absolute atomic E-state index is 0.174. The summed E-state index contributed by atoms with van der Waals surface area (Å²) in [7, 11) is 0. The molecule has 4 saturated carbocycles. The first-order valence-electron chi connectivity index (χ1n) is 13.9. The van der Waals surface area contributed by atoms with Gasteiger partial charge >= 0.3 is 5.97 Å². The van der Waals surface area contributed by atoms with Gasteiger partial charge in [-0.15, -0.1) is 0 Å². The van der Waals surface area contributed by atoms with E-state index in [1.807, 2.05) is 13.8 Å². The minimum atomic E-state index is -0.466. The van der Waals surface area contributed by atoms with Crippen LogP contribution in [0, 0.1) is 40.4 Å². The van der Waals surface area contributed by atoms with Crippen LogP contribution in [0.5, 0.6) is 0 Å². The summed E-state index contributed by atoms with van der Waals surface area (Å²) < 4.78 is 11.0. The quantitative estimate of drug-likeness (QED) is 0.487. The average molecular weight is 472 g/mol. The first-order chi connectivity index (χ1) is 16.0. The van der Waals surface area contributed by atoms with Crippen molar-refractivity contribution in [1.29, 1.82) is 0 Å². The molecule has 1 aromatic rings. The summed E-state index contributed by atoms with van der Waals surface area (Å²) in [5.74, 6) is 4.24. The topological polar surface area (TPSA) is 72.6 Å². The van der Waals surface area contributed by atoms with Crippen molar-refractivity contribution < 1.29 is 19.2 Å². The van der Waals surface area contributed by atoms with Gasteiger partial charge in [0.1, 0.15) is 0 Å². The Balaban J connectivity index is 1.28. The van der Waals surface area contributed by atoms with Crippen molar-refractivity contribution in [3.8, 4) is 0 Å². The maximum Gasteiger partial charge on any atom is 0.306 e. The normalized spacial score (nSPS) is 43.8. The van der Waals surface area contributed by atoms with Crippen molar-refractivity contribution in [2.45, 2.75) is 117 Å². The van der Waals surface area contributed by atoms with Gasteiger partial charge in [0.15, 0.2) is 12.4 Å². The molecular weight excluding hydrogens is 426 g/mol. The van der Waals surface area contributed by atoms with Crippen LogP contribution >= 0.6 is 0 Å². The van der Waals surface area contributed by atoms with E-state index in [1.165, 1.54) is 44.9 Å². The van der Waals surface area contributed by atoms with Crippen LogP contribution in [0.2, 0.25) is 0 Å². The third-order valence-electron chi connectivity index (χ3n) is 10.8. The van der Waals surface area contributed by atoms with Crippen molar-refractivity contribution in [2.75, 3.05) is 0 Å². The molecule has 5 heteroatoms. The van der Waals surface area contributed by atoms with E-state index in [1.54, 1.807) is 0 Å². The predicted molar refractivity (Wildman–Crippen MR) is 131 cm³/mol. The lowest BCUT2D eigenvalue weighted by Crippen LogP contribution is -2.55. The summed E-state index contributed by atoms with van der Waals surface area (Å²) in [6, 6.07) is 2.05. The van der Waals surface area contributed by atoms with Gasteiger partial charge in [0.2, 0.25) is 0 Å². The van der Waals surface area contributed by atoms with Crippen molar-refractivity contribution in [1.82, 2.24) is 5.16 Å². The summed E-state index contributed by atoms with van der Waals surface area (Å²) in [5, 5.41) is 15.2. The van der Waals surface area contributed by atoms with Crippen LogP contribution in [0.1, 0.15) is 116 Å². The van der Waals surface area contributed by atoms with Crippen molar-refractivity contribution >= 4 is 5.97 Å². The number of aliphatic hydroxyl groups is 1. The molecule has 1 aromatic heterocycles. The third-order valence-corrected chi connectivity index (χ3v) is 10.8. The fraction of sp³-hybridized carbons (Fsp3) is 0.862. The Bertz CT molecular complexity index is 906. The number of carbonyl (C=O) groups excluding carboxylic acids is 1. The van der Waals surface area contributed by atoms with Crippen LogP contribution in [-0.4, -0.2) is 21.8 Å². The standard InChI is InChI=1S/C29H45NO4/c1-18(2)14-26(31)33-17-20-15-25(30-34-20)24-9-8-22-21-7-6-19-16-27(3,32)12-13-28(19,4)23(21)10-11-29(22,24)5/h15,18-19,21-24,32H,6-14,16-17H2,1-5H3/t19?,21-,22-,23?,24+,27+,28-,29-/m0/s1. The van der Waals surface area contributed by atoms with Gasteiger partial charge in [-0.3, -0.25) is 4.79 Å². The van der Waals surface area contributed by atoms with E-state index in [0.717, 1.165) is 36.3 Å². The van der Waals surface area contributed by atoms with E-state index < -0.39 is 5.60 Å². The first kappa shape index (κ1) is 24.3. The summed E-state index contributed by atoms with van der Waals surface area (Å²) in [4.78, 5) is 11.9. The van der Waals surface area contributed by atoms with Gasteiger partial charge in [0.25, 0.3) is 0 Å². The number of aromatic nitrogens is 1. The van der Waals surface area contributed by atoms with Crippen molar-refractivity contribution in [3.63, 3.8) is 0 Å². The van der Waals surface area contributed by atoms with Gasteiger partial charge in [-0.25, -0.2) is 0 Å². The van der Waals surface area contributed by atoms with Crippen LogP contribution in [0.4, 0.5) is 0 Å². The Kier molecular flexibility index (Phi) is 6.18. The molecule has 2 unspecified atom stereocenters. The highest BCUT2D eigenvalue weighted by Gasteiger charge is 2.61. The molecule has 4 aliphatic rings. The highest BCUT2D eigenvalue weighted by atomic mass is 16.5. The molecule has 0 spiro atoms. The lowest BCUT2D eigenvalue weighted by molar-refractivity contribution is -0.146. The van der Waals surface area contributed by atoms with Gasteiger partial charge in [0, 0.05) is 18.4 Å². The molecule has 34 heavy (non-hydrogen) atoms. The van der Waals surface area contributed by atoms with Gasteiger partial charge in [-0.05, 0) is 105 Å². The monoisotopic (exact) mass is 471 g/mol. The minimum Gasteiger partial charge on any atom is -0.457 e. The molecule has 0 aromatic carbocycles. The number of fused-ring (bicyclic) bond motifs is 5. The zero-order valence-electron chi connectivity index (χ0n) is 21.9. The molecule has 0 bridgehead atoms. The summed E-state index contributed by atoms with van der Waals surface area (Å²) in [6.07, 6.45) is 11.2. The van der Waals surface area contributed by atoms with Crippen LogP contribution in [0.25, 0.3) is 0 Å². The van der Waals surface area contributed by atoms with E-state index in [9.17, 15) is 9.90 Å². The van der Waals surface area contributed by atoms with Crippen molar-refractivity contribution in [2.24, 2.45) is 40.4 Å². The maximum absolute atomic E-state index is 11.9. The van der Waals surface area contributed by atoms with Crippen LogP contribution < -0.4 is 0 Å². The molecule has 1 N–H and O–H groups in total. The van der Waals surface area contributed by atoms with Crippen LogP contribution in [0.3, 0.4) is 0 Å². The Labute approximate surface area is 205 Å². The van der Waals surface area contributed by atoms with Gasteiger partial charge in [-0.1, -0.05) is 32.9 Å². The SMILES string of the molecule is CC(C)CC(=O)OCc1cc([C@H]2CC[C@H]3[C@@H]4CCC5C[C@](C)(O)CC[C@]5(C)C4CC[C@]23C)no1. The summed E-state index contributed by atoms with van der Waals surface area (Å²) in [5.41, 5.74) is 1.26. The van der Waals surface area contributed by atoms with E-state index >= 15 is 0 Å². The van der Waals surface area contributed by atoms with E-state index in [2.05, 4.69) is 32.0 Å². The van der Waals surface area contributed by atoms with Gasteiger partial charge in [0.05, 0.1) is 11.3 Å². The van der Waals surface area contributed by atoms with E-state index in [0.29, 0.717) is 35.3 Å². The second kappa shape index (κ2) is 8.64. The number of rotatable bonds is 5. The second-order valence-corrected chi connectivity index (χ2v) is 13.5. The Hall–Kier alpha value is -1.36. The molecule has 190 valence electrons. The molecule has 0 amide bonds. The highest BCUT2D eigenvalue weighted by Crippen LogP contribution is 2.69. The zero-order valence-corrected chi connectivity index (χ0v) is 21.9. The molecule has 0 aliphatic heterocycles. The molecule has 4 aliphatic carbocycles. The zero-order chi connectivity index (χ0) is 24.3. The molecule has 5 nitrogen and oxygen atoms in total. The summed E-state index contributed by atoms with van der Waals surface area (Å²) in [6.45, 7) is 11.3. The van der Waals surface area contributed by atoms with Gasteiger partial charge < -0.3 is 14.4 Å². The molecule has 1 heterocycles. The molecule has 0 saturated heterocycles. The third kappa shape index (κ3) is 4.14. The Morgan fingerprint density at radius 3 is 2.62 bits per heavy atom. The number of esters is 1. The Morgan fingerprint density at radius 2 is 1.85 bits per heavy atom. The fourth-order valence-electron chi connectivity index (χ4n) is 9.02. The second-order valence-electron chi connectivity index (χ2n) is 13.5. The molecular formula is C29H45NO4. The molecule has 0 radical (unpaired) electrons. The number of hydrogen-bond donors (Lipinski definition) is 1. The highest BCUT2D eigenvalue weighted by molar-refractivity contribution is 5.69. The lowest BCUT2D eigenvalue weighted by Gasteiger charge is -2.61. The van der Waals surface area contributed by atoms with Gasteiger partial charge in [-0.2, -0.15) is 0 Å². The predicted octanol–water partition coefficient (Wildman–Crippen LogP) is 6.64. The molecule has 5 rings (SSSR count). The maximum atomic E-state index is 11.9. The molecule has 4 fully saturated rings. The van der Waals surface area contributed by atoms with E-state index in [4.69, 9.17) is 9.26 Å². The first-order valence-corrected chi connectivity index (χ1v) is 13.9. The van der Waals surface area contributed by atoms with Crippen LogP contribution in [-0.2, 0) is 16.1 Å². The van der Waals surface area contributed by atoms with E-state index in [-0.39, 0.29) is 18.0 Å². The lowest BCUT2D eigenvalue weighted by atomic mass is 9.44. The molecule has 8 atom stereocenters. The van der Waals surface area contributed by atoms with Crippen molar-refractivity contribution in [3.05, 3.63) is 17.5 Å². The number of hydrogen-bond acceptors (Lipinski definition) is 5. The number of nitrogens with zero attached hydrogens (tertiary/aromatic N) is 1. The number of carbonyl (C=O) groups is 1. The average Bonchev–Trinajstić information content (AvgIpc) is 3.36. The smallest absolute Gasteiger partial charge is 0.306 e. The Morgan fingerprint density at radius 1 is 1.09 bits per heavy atom.